The SMILES string of the molecule is COC(=O)COc1ccc(C2=CC(c3ccccc3)=NC2=Nc2[nH]c(-c3ccc(OCCCCN=[N+]=[N-])cc3)cc2-c2ccccc2)cc1. The summed E-state index contributed by atoms with van der Waals surface area (Å²) in [5.74, 6) is 2.12. The van der Waals surface area contributed by atoms with Crippen molar-refractivity contribution in [3.05, 3.63) is 143 Å². The van der Waals surface area contributed by atoms with Crippen LogP contribution in [0.3, 0.4) is 0 Å². The van der Waals surface area contributed by atoms with E-state index in [9.17, 15) is 4.79 Å². The van der Waals surface area contributed by atoms with Crippen LogP contribution < -0.4 is 9.47 Å². The fraction of sp³-hybridized carbons (Fsp3) is 0.154. The number of hydrogen-bond donors (Lipinski definition) is 1. The highest BCUT2D eigenvalue weighted by Gasteiger charge is 2.21. The number of aromatic nitrogens is 1. The molecule has 0 saturated heterocycles. The summed E-state index contributed by atoms with van der Waals surface area (Å²) in [5.41, 5.74) is 15.8. The van der Waals surface area contributed by atoms with Crippen molar-refractivity contribution in [1.82, 2.24) is 4.98 Å². The van der Waals surface area contributed by atoms with Crippen LogP contribution >= 0.6 is 0 Å². The van der Waals surface area contributed by atoms with Crippen molar-refractivity contribution in [1.29, 1.82) is 0 Å². The molecule has 0 fully saturated rings. The van der Waals surface area contributed by atoms with E-state index in [0.29, 0.717) is 30.6 Å². The van der Waals surface area contributed by atoms with Crippen molar-refractivity contribution in [3.8, 4) is 33.9 Å². The average molecular weight is 651 g/mol. The second-order valence-electron chi connectivity index (χ2n) is 11.1. The van der Waals surface area contributed by atoms with E-state index in [4.69, 9.17) is 25.0 Å². The van der Waals surface area contributed by atoms with E-state index >= 15 is 0 Å². The van der Waals surface area contributed by atoms with Gasteiger partial charge in [0.1, 0.15) is 17.3 Å². The van der Waals surface area contributed by atoms with Crippen molar-refractivity contribution < 1.29 is 19.0 Å². The molecule has 0 bridgehead atoms. The van der Waals surface area contributed by atoms with Crippen LogP contribution in [-0.2, 0) is 9.53 Å². The smallest absolute Gasteiger partial charge is 0.343 e. The Morgan fingerprint density at radius 1 is 0.796 bits per heavy atom. The van der Waals surface area contributed by atoms with E-state index in [-0.39, 0.29) is 6.61 Å². The Bertz CT molecular complexity index is 2030. The standard InChI is InChI=1S/C39H34N6O4/c1-47-37(46)26-49-32-18-14-28(15-19-32)34-25-35(29-12-6-3-7-13-29)42-39(34)44-38-33(27-10-4-2-5-11-27)24-36(43-38)30-16-20-31(21-17-30)48-23-9-8-22-41-45-40/h2-7,10-21,24-25,43H,8-9,22-23,26H2,1H3. The fourth-order valence-electron chi connectivity index (χ4n) is 5.28. The van der Waals surface area contributed by atoms with Gasteiger partial charge in [0.25, 0.3) is 0 Å². The number of azide groups is 1. The summed E-state index contributed by atoms with van der Waals surface area (Å²) >= 11 is 0. The minimum Gasteiger partial charge on any atom is -0.494 e. The Balaban J connectivity index is 1.32. The van der Waals surface area contributed by atoms with Gasteiger partial charge in [0, 0.05) is 33.9 Å². The number of carbonyl (C=O) groups excluding carboxylic acids is 1. The maximum Gasteiger partial charge on any atom is 0.343 e. The first-order valence-corrected chi connectivity index (χ1v) is 15.9. The summed E-state index contributed by atoms with van der Waals surface area (Å²) in [5, 5.41) is 3.56. The number of nitrogens with zero attached hydrogens (tertiary/aromatic N) is 5. The maximum absolute atomic E-state index is 11.6. The number of aromatic amines is 1. The van der Waals surface area contributed by atoms with Gasteiger partial charge in [-0.05, 0) is 83.6 Å². The lowest BCUT2D eigenvalue weighted by molar-refractivity contribution is -0.142. The van der Waals surface area contributed by atoms with E-state index in [1.54, 1.807) is 0 Å². The first kappa shape index (κ1) is 32.6. The van der Waals surface area contributed by atoms with Gasteiger partial charge in [-0.2, -0.15) is 0 Å². The molecule has 0 spiro atoms. The van der Waals surface area contributed by atoms with Gasteiger partial charge < -0.3 is 19.2 Å². The summed E-state index contributed by atoms with van der Waals surface area (Å²) in [6, 6.07) is 37.7. The molecule has 0 unspecified atom stereocenters. The number of rotatable bonds is 14. The van der Waals surface area contributed by atoms with Crippen LogP contribution in [0.4, 0.5) is 5.82 Å². The normalized spacial score (nSPS) is 13.0. The van der Waals surface area contributed by atoms with Crippen molar-refractivity contribution in [2.45, 2.75) is 12.8 Å². The summed E-state index contributed by atoms with van der Waals surface area (Å²) in [7, 11) is 1.33. The monoisotopic (exact) mass is 650 g/mol. The summed E-state index contributed by atoms with van der Waals surface area (Å²) in [6.07, 6.45) is 3.63. The van der Waals surface area contributed by atoms with Gasteiger partial charge in [-0.3, -0.25) is 0 Å². The minimum atomic E-state index is -0.447. The van der Waals surface area contributed by atoms with Crippen molar-refractivity contribution in [2.24, 2.45) is 15.1 Å². The van der Waals surface area contributed by atoms with Crippen LogP contribution in [0, 0.1) is 0 Å². The Morgan fingerprint density at radius 3 is 2.12 bits per heavy atom. The van der Waals surface area contributed by atoms with Crippen LogP contribution in [0.15, 0.2) is 136 Å². The molecule has 1 N–H and O–H groups in total. The first-order valence-electron chi connectivity index (χ1n) is 15.9. The molecule has 244 valence electrons. The van der Waals surface area contributed by atoms with Crippen LogP contribution in [0.25, 0.3) is 38.4 Å². The third-order valence-corrected chi connectivity index (χ3v) is 7.82. The Labute approximate surface area is 284 Å². The van der Waals surface area contributed by atoms with Gasteiger partial charge in [-0.25, -0.2) is 14.8 Å². The molecule has 0 atom stereocenters. The Morgan fingerprint density at radius 2 is 1.45 bits per heavy atom. The number of methoxy groups -OCH3 is 1. The summed E-state index contributed by atoms with van der Waals surface area (Å²) in [4.78, 5) is 28.1. The topological polar surface area (TPSA) is 134 Å². The van der Waals surface area contributed by atoms with Crippen molar-refractivity contribution in [2.75, 3.05) is 26.9 Å². The third-order valence-electron chi connectivity index (χ3n) is 7.82. The highest BCUT2D eigenvalue weighted by molar-refractivity contribution is 6.38. The minimum absolute atomic E-state index is 0.167. The second-order valence-corrected chi connectivity index (χ2v) is 11.1. The number of aliphatic imine (C=N–C) groups is 2. The van der Waals surface area contributed by atoms with Gasteiger partial charge >= 0.3 is 5.97 Å². The number of hydrogen-bond acceptors (Lipinski definition) is 6. The molecule has 1 aliphatic heterocycles. The van der Waals surface area contributed by atoms with E-state index in [1.165, 1.54) is 7.11 Å². The van der Waals surface area contributed by atoms with Gasteiger partial charge in [0.2, 0.25) is 0 Å². The molecule has 0 aliphatic carbocycles. The fourth-order valence-corrected chi connectivity index (χ4v) is 5.28. The van der Waals surface area contributed by atoms with E-state index < -0.39 is 5.97 Å². The van der Waals surface area contributed by atoms with Gasteiger partial charge in [-0.1, -0.05) is 77.9 Å². The number of H-pyrrole nitrogens is 1. The number of nitrogens with one attached hydrogen (secondary N) is 1. The Kier molecular flexibility index (Phi) is 10.6. The second kappa shape index (κ2) is 15.9. The summed E-state index contributed by atoms with van der Waals surface area (Å²) in [6.45, 7) is 0.852. The van der Waals surface area contributed by atoms with Crippen molar-refractivity contribution in [3.63, 3.8) is 0 Å². The van der Waals surface area contributed by atoms with E-state index in [1.807, 2.05) is 103 Å². The molecular weight excluding hydrogens is 616 g/mol. The molecule has 0 amide bonds. The molecule has 0 saturated carbocycles. The number of amidine groups is 1. The molecule has 10 heteroatoms. The van der Waals surface area contributed by atoms with Crippen molar-refractivity contribution >= 4 is 28.9 Å². The molecule has 6 rings (SSSR count). The summed E-state index contributed by atoms with van der Waals surface area (Å²) < 4.78 is 16.1. The van der Waals surface area contributed by atoms with Gasteiger partial charge in [-0.15, -0.1) is 0 Å². The first-order chi connectivity index (χ1) is 24.1. The molecule has 0 radical (unpaired) electrons. The van der Waals surface area contributed by atoms with Crippen LogP contribution in [0.5, 0.6) is 11.5 Å². The molecule has 2 heterocycles. The lowest BCUT2D eigenvalue weighted by atomic mass is 10.0. The predicted octanol–water partition coefficient (Wildman–Crippen LogP) is 8.99. The lowest BCUT2D eigenvalue weighted by Crippen LogP contribution is -2.12. The van der Waals surface area contributed by atoms with Gasteiger partial charge in [0.15, 0.2) is 12.4 Å². The van der Waals surface area contributed by atoms with Crippen LogP contribution in [0.2, 0.25) is 0 Å². The zero-order valence-electron chi connectivity index (χ0n) is 27.0. The lowest BCUT2D eigenvalue weighted by Gasteiger charge is -2.08. The zero-order valence-corrected chi connectivity index (χ0v) is 27.0. The quantitative estimate of drug-likeness (QED) is 0.0422. The molecular formula is C39H34N6O4. The molecule has 10 nitrogen and oxygen atoms in total. The highest BCUT2D eigenvalue weighted by Crippen LogP contribution is 2.37. The van der Waals surface area contributed by atoms with Crippen LogP contribution in [0.1, 0.15) is 24.0 Å². The Hall–Kier alpha value is -6.38. The van der Waals surface area contributed by atoms with Crippen LogP contribution in [-0.4, -0.2) is 49.4 Å². The molecule has 5 aromatic rings. The molecule has 49 heavy (non-hydrogen) atoms. The number of unbranched alkanes of at least 4 members (excludes halogenated alkanes) is 1. The van der Waals surface area contributed by atoms with E-state index in [2.05, 4.69) is 37.9 Å². The zero-order chi connectivity index (χ0) is 33.8. The number of allylic oxidation sites excluding steroid dienone is 1. The third kappa shape index (κ3) is 8.32. The average Bonchev–Trinajstić information content (AvgIpc) is 3.78. The molecule has 1 aliphatic rings. The number of benzene rings is 4. The number of carbonyl (C=O) groups is 1. The van der Waals surface area contributed by atoms with E-state index in [0.717, 1.165) is 63.4 Å². The molecule has 4 aromatic carbocycles. The molecule has 1 aromatic heterocycles. The maximum atomic E-state index is 11.6. The largest absolute Gasteiger partial charge is 0.494 e. The number of esters is 1. The van der Waals surface area contributed by atoms with Gasteiger partial charge in [0.05, 0.1) is 19.4 Å². The number of ether oxygens (including phenoxy) is 3. The highest BCUT2D eigenvalue weighted by atomic mass is 16.6. The predicted molar refractivity (Wildman–Crippen MR) is 192 cm³/mol.